The van der Waals surface area contributed by atoms with Crippen LogP contribution in [0.4, 0.5) is 4.79 Å². The number of nitrogens with zero attached hydrogens (tertiary/aromatic N) is 3. The van der Waals surface area contributed by atoms with Crippen molar-refractivity contribution in [2.24, 2.45) is 0 Å². The van der Waals surface area contributed by atoms with Crippen LogP contribution in [-0.4, -0.2) is 76.7 Å². The number of carbonyl (C=O) groups excluding carboxylic acids is 6. The first-order chi connectivity index (χ1) is 17.9. The van der Waals surface area contributed by atoms with Gasteiger partial charge in [0, 0.05) is 19.4 Å². The molecule has 0 bridgehead atoms. The second kappa shape index (κ2) is 11.0. The Morgan fingerprint density at radius 3 is 2.22 bits per heavy atom. The largest absolute Gasteiger partial charge is 0.467 e. The number of hydrazine groups is 1. The Kier molecular flexibility index (Phi) is 7.61. The molecule has 4 rings (SSSR count). The fourth-order valence-corrected chi connectivity index (χ4v) is 4.47. The summed E-state index contributed by atoms with van der Waals surface area (Å²) in [6, 6.07) is 12.4. The summed E-state index contributed by atoms with van der Waals surface area (Å²) in [5.41, 5.74) is 0.968. The number of hydrogen-bond donors (Lipinski definition) is 0. The van der Waals surface area contributed by atoms with Crippen molar-refractivity contribution in [3.8, 4) is 0 Å². The van der Waals surface area contributed by atoms with Crippen LogP contribution in [0.2, 0.25) is 0 Å². The summed E-state index contributed by atoms with van der Waals surface area (Å²) in [7, 11) is 1.15. The van der Waals surface area contributed by atoms with Gasteiger partial charge in [-0.25, -0.2) is 19.6 Å². The highest BCUT2D eigenvalue weighted by Crippen LogP contribution is 2.30. The van der Waals surface area contributed by atoms with Crippen molar-refractivity contribution in [3.05, 3.63) is 71.3 Å². The quantitative estimate of drug-likeness (QED) is 0.301. The van der Waals surface area contributed by atoms with Crippen molar-refractivity contribution in [3.63, 3.8) is 0 Å². The van der Waals surface area contributed by atoms with Gasteiger partial charge >= 0.3 is 12.1 Å². The molecule has 1 saturated heterocycles. The van der Waals surface area contributed by atoms with Gasteiger partial charge < -0.3 is 14.3 Å². The van der Waals surface area contributed by atoms with E-state index in [-0.39, 0.29) is 43.5 Å². The average Bonchev–Trinajstić information content (AvgIpc) is 3.48. The van der Waals surface area contributed by atoms with E-state index in [0.29, 0.717) is 11.8 Å². The van der Waals surface area contributed by atoms with Crippen LogP contribution < -0.4 is 0 Å². The third-order valence-electron chi connectivity index (χ3n) is 6.26. The van der Waals surface area contributed by atoms with E-state index in [1.807, 2.05) is 6.07 Å². The minimum absolute atomic E-state index is 0.0400. The molecule has 2 heterocycles. The minimum atomic E-state index is -1.44. The van der Waals surface area contributed by atoms with E-state index in [2.05, 4.69) is 0 Å². The fourth-order valence-electron chi connectivity index (χ4n) is 4.47. The van der Waals surface area contributed by atoms with E-state index >= 15 is 0 Å². The normalized spacial score (nSPS) is 17.4. The monoisotopic (exact) mass is 507 g/mol. The van der Waals surface area contributed by atoms with Gasteiger partial charge in [0.05, 0.1) is 18.2 Å². The number of benzene rings is 2. The van der Waals surface area contributed by atoms with Gasteiger partial charge in [0.15, 0.2) is 6.04 Å². The maximum Gasteiger partial charge on any atom is 0.429 e. The zero-order chi connectivity index (χ0) is 26.5. The lowest BCUT2D eigenvalue weighted by atomic mass is 10.1. The lowest BCUT2D eigenvalue weighted by Crippen LogP contribution is -2.58. The topological polar surface area (TPSA) is 131 Å². The highest BCUT2D eigenvalue weighted by molar-refractivity contribution is 6.23. The lowest BCUT2D eigenvalue weighted by molar-refractivity contribution is -0.162. The molecule has 0 spiro atoms. The molecule has 11 heteroatoms. The van der Waals surface area contributed by atoms with Gasteiger partial charge in [-0.1, -0.05) is 42.5 Å². The molecule has 0 aliphatic carbocycles. The first-order valence-corrected chi connectivity index (χ1v) is 11.7. The smallest absolute Gasteiger partial charge is 0.429 e. The van der Waals surface area contributed by atoms with Crippen molar-refractivity contribution in [1.82, 2.24) is 14.9 Å². The zero-order valence-corrected chi connectivity index (χ0v) is 20.1. The van der Waals surface area contributed by atoms with Gasteiger partial charge in [-0.3, -0.25) is 19.3 Å². The average molecular weight is 507 g/mol. The van der Waals surface area contributed by atoms with Crippen LogP contribution >= 0.6 is 0 Å². The number of esters is 1. The molecular weight excluding hydrogens is 482 g/mol. The van der Waals surface area contributed by atoms with E-state index in [1.165, 1.54) is 12.1 Å². The van der Waals surface area contributed by atoms with Gasteiger partial charge in [0.2, 0.25) is 0 Å². The molecule has 0 unspecified atom stereocenters. The SMILES string of the molecule is COC(=O)[C@@H]1CCN(C(=O)OCc2ccccc2)N1C(=O)[C@H](CCC=O)N1C(=O)c2ccccc2C1=O. The number of aldehydes is 1. The summed E-state index contributed by atoms with van der Waals surface area (Å²) in [5.74, 6) is -3.04. The summed E-state index contributed by atoms with van der Waals surface area (Å²) < 4.78 is 10.2. The Morgan fingerprint density at radius 1 is 1.00 bits per heavy atom. The Balaban J connectivity index is 1.64. The van der Waals surface area contributed by atoms with Gasteiger partial charge in [0.25, 0.3) is 17.7 Å². The van der Waals surface area contributed by atoms with Crippen LogP contribution in [0.15, 0.2) is 54.6 Å². The second-order valence-electron chi connectivity index (χ2n) is 8.46. The molecule has 2 aliphatic rings. The van der Waals surface area contributed by atoms with Crippen LogP contribution in [-0.2, 0) is 30.5 Å². The van der Waals surface area contributed by atoms with Gasteiger partial charge in [-0.2, -0.15) is 0 Å². The third kappa shape index (κ3) is 4.92. The number of carbonyl (C=O) groups is 6. The molecule has 0 saturated carbocycles. The summed E-state index contributed by atoms with van der Waals surface area (Å²) in [6.07, 6.45) is -0.600. The number of amides is 4. The van der Waals surface area contributed by atoms with E-state index in [4.69, 9.17) is 9.47 Å². The van der Waals surface area contributed by atoms with Gasteiger partial charge in [-0.05, 0) is 24.1 Å². The Hall–Kier alpha value is -4.54. The van der Waals surface area contributed by atoms with Crippen molar-refractivity contribution < 1.29 is 38.2 Å². The van der Waals surface area contributed by atoms with E-state index < -0.39 is 41.9 Å². The first kappa shape index (κ1) is 25.5. The van der Waals surface area contributed by atoms with Crippen molar-refractivity contribution in [1.29, 1.82) is 0 Å². The molecule has 2 aromatic carbocycles. The molecule has 11 nitrogen and oxygen atoms in total. The molecule has 1 fully saturated rings. The molecular formula is C26H25N3O8. The molecule has 2 aromatic rings. The molecule has 4 amide bonds. The van der Waals surface area contributed by atoms with Crippen LogP contribution in [0.1, 0.15) is 45.5 Å². The molecule has 192 valence electrons. The predicted molar refractivity (Wildman–Crippen MR) is 127 cm³/mol. The molecule has 2 aliphatic heterocycles. The highest BCUT2D eigenvalue weighted by Gasteiger charge is 2.50. The maximum absolute atomic E-state index is 13.9. The second-order valence-corrected chi connectivity index (χ2v) is 8.46. The van der Waals surface area contributed by atoms with Gasteiger partial charge in [0.1, 0.15) is 18.9 Å². The minimum Gasteiger partial charge on any atom is -0.467 e. The molecule has 0 aromatic heterocycles. The summed E-state index contributed by atoms with van der Waals surface area (Å²) in [4.78, 5) is 77.7. The van der Waals surface area contributed by atoms with Crippen LogP contribution in [0.3, 0.4) is 0 Å². The van der Waals surface area contributed by atoms with E-state index in [9.17, 15) is 28.8 Å². The highest BCUT2D eigenvalue weighted by atomic mass is 16.6. The third-order valence-corrected chi connectivity index (χ3v) is 6.26. The lowest BCUT2D eigenvalue weighted by Gasteiger charge is -2.35. The Bertz CT molecular complexity index is 1200. The molecule has 2 atom stereocenters. The maximum atomic E-state index is 13.9. The Morgan fingerprint density at radius 2 is 1.62 bits per heavy atom. The van der Waals surface area contributed by atoms with Crippen molar-refractivity contribution >= 4 is 36.1 Å². The molecule has 0 radical (unpaired) electrons. The van der Waals surface area contributed by atoms with Crippen LogP contribution in [0, 0.1) is 0 Å². The van der Waals surface area contributed by atoms with E-state index in [1.54, 1.807) is 36.4 Å². The number of methoxy groups -OCH3 is 1. The van der Waals surface area contributed by atoms with Crippen LogP contribution in [0.25, 0.3) is 0 Å². The first-order valence-electron chi connectivity index (χ1n) is 11.7. The fraction of sp³-hybridized carbons (Fsp3) is 0.308. The number of fused-ring (bicyclic) bond motifs is 1. The number of imide groups is 1. The standard InChI is InChI=1S/C26H25N3O8/c1-36-25(34)21-13-14-27(26(35)37-16-17-8-3-2-4-9-17)29(21)24(33)20(12-7-15-30)28-22(31)18-10-5-6-11-19(18)23(28)32/h2-6,8-11,15,20-21H,7,12-14,16H2,1H3/t20-,21-/m0/s1. The predicted octanol–water partition coefficient (Wildman–Crippen LogP) is 1.96. The number of rotatable bonds is 8. The Labute approximate surface area is 212 Å². The molecule has 0 N–H and O–H groups in total. The van der Waals surface area contributed by atoms with Gasteiger partial charge in [-0.15, -0.1) is 0 Å². The number of hydrogen-bond acceptors (Lipinski definition) is 8. The van der Waals surface area contributed by atoms with E-state index in [0.717, 1.165) is 22.0 Å². The van der Waals surface area contributed by atoms with Crippen LogP contribution in [0.5, 0.6) is 0 Å². The summed E-state index contributed by atoms with van der Waals surface area (Å²) in [5, 5.41) is 1.86. The summed E-state index contributed by atoms with van der Waals surface area (Å²) in [6.45, 7) is -0.115. The zero-order valence-electron chi connectivity index (χ0n) is 20.1. The van der Waals surface area contributed by atoms with Crippen molar-refractivity contribution in [2.45, 2.75) is 38.0 Å². The summed E-state index contributed by atoms with van der Waals surface area (Å²) >= 11 is 0. The van der Waals surface area contributed by atoms with Crippen molar-refractivity contribution in [2.75, 3.05) is 13.7 Å². The molecule has 37 heavy (non-hydrogen) atoms. The number of ether oxygens (including phenoxy) is 2.